The molecule has 0 radical (unpaired) electrons. The highest BCUT2D eigenvalue weighted by Gasteiger charge is 2.13. The van der Waals surface area contributed by atoms with Crippen molar-refractivity contribution in [2.45, 2.75) is 6.42 Å². The van der Waals surface area contributed by atoms with E-state index in [2.05, 4.69) is 175 Å². The number of benzene rings is 6. The van der Waals surface area contributed by atoms with Crippen LogP contribution in [-0.2, 0) is 6.42 Å². The number of nitriles is 2. The SMILES string of the molecule is N#Cc1ccc(-c2cc(I)c(-c3ccc(Cc4ccc(-c5c(I)cc(-c6ccc(C#N)cc6)cc5I)cc4)cc3)c(I)c2)cc1. The molecule has 6 rings (SSSR count). The maximum Gasteiger partial charge on any atom is 0.0991 e. The second kappa shape index (κ2) is 14.3. The molecule has 2 nitrogen and oxygen atoms in total. The van der Waals surface area contributed by atoms with Crippen LogP contribution in [0.5, 0.6) is 0 Å². The summed E-state index contributed by atoms with van der Waals surface area (Å²) in [6.45, 7) is 0. The van der Waals surface area contributed by atoms with Crippen LogP contribution in [0.15, 0.2) is 121 Å². The molecule has 0 aliphatic heterocycles. The predicted octanol–water partition coefficient (Wildman–Crippen LogP) is 12.1. The zero-order valence-electron chi connectivity index (χ0n) is 23.7. The second-order valence-electron chi connectivity index (χ2n) is 10.6. The van der Waals surface area contributed by atoms with Crippen molar-refractivity contribution in [3.05, 3.63) is 158 Å². The normalized spacial score (nSPS) is 10.7. The van der Waals surface area contributed by atoms with Gasteiger partial charge in [0.05, 0.1) is 23.3 Å². The summed E-state index contributed by atoms with van der Waals surface area (Å²) >= 11 is 9.74. The fourth-order valence-corrected chi connectivity index (χ4v) is 10.1. The summed E-state index contributed by atoms with van der Waals surface area (Å²) in [5, 5.41) is 18.2. The van der Waals surface area contributed by atoms with Crippen LogP contribution >= 0.6 is 90.4 Å². The molecule has 0 atom stereocenters. The lowest BCUT2D eigenvalue weighted by Gasteiger charge is -2.13. The van der Waals surface area contributed by atoms with Crippen molar-refractivity contribution in [1.29, 1.82) is 10.5 Å². The van der Waals surface area contributed by atoms with E-state index >= 15 is 0 Å². The van der Waals surface area contributed by atoms with Crippen LogP contribution in [0.1, 0.15) is 22.3 Å². The molecule has 0 bridgehead atoms. The molecule has 216 valence electrons. The Morgan fingerprint density at radius 1 is 0.378 bits per heavy atom. The van der Waals surface area contributed by atoms with Crippen LogP contribution in [0.3, 0.4) is 0 Å². The molecule has 6 aromatic rings. The highest BCUT2D eigenvalue weighted by atomic mass is 127. The Hall–Kier alpha value is -2.78. The van der Waals surface area contributed by atoms with Crippen LogP contribution in [0.25, 0.3) is 44.5 Å². The number of hydrogen-bond acceptors (Lipinski definition) is 2. The average Bonchev–Trinajstić information content (AvgIpc) is 3.05. The Bertz CT molecular complexity index is 1900. The predicted molar refractivity (Wildman–Crippen MR) is 218 cm³/mol. The second-order valence-corrected chi connectivity index (χ2v) is 15.2. The third kappa shape index (κ3) is 7.30. The number of hydrogen-bond donors (Lipinski definition) is 0. The van der Waals surface area contributed by atoms with Gasteiger partial charge in [-0.05, 0) is 190 Å². The van der Waals surface area contributed by atoms with Gasteiger partial charge in [0.25, 0.3) is 0 Å². The van der Waals surface area contributed by atoms with Crippen molar-refractivity contribution in [3.63, 3.8) is 0 Å². The monoisotopic (exact) mass is 1030 g/mol. The first-order valence-corrected chi connectivity index (χ1v) is 18.3. The maximum absolute atomic E-state index is 9.11. The molecule has 6 aromatic carbocycles. The van der Waals surface area contributed by atoms with E-state index < -0.39 is 0 Å². The molecular formula is C39H22I4N2. The van der Waals surface area contributed by atoms with Gasteiger partial charge in [0, 0.05) is 25.4 Å². The van der Waals surface area contributed by atoms with E-state index in [0.717, 1.165) is 28.7 Å². The van der Waals surface area contributed by atoms with Gasteiger partial charge in [0.2, 0.25) is 0 Å². The van der Waals surface area contributed by atoms with Gasteiger partial charge < -0.3 is 0 Å². The summed E-state index contributed by atoms with van der Waals surface area (Å²) in [7, 11) is 0. The molecule has 0 fully saturated rings. The molecule has 0 aliphatic rings. The Balaban J connectivity index is 1.17. The van der Waals surface area contributed by atoms with Crippen LogP contribution in [0.4, 0.5) is 0 Å². The molecule has 0 aliphatic carbocycles. The minimum absolute atomic E-state index is 0.673. The van der Waals surface area contributed by atoms with Crippen molar-refractivity contribution < 1.29 is 0 Å². The van der Waals surface area contributed by atoms with E-state index in [4.69, 9.17) is 10.5 Å². The first-order chi connectivity index (χ1) is 21.8. The minimum atomic E-state index is 0.673. The summed E-state index contributed by atoms with van der Waals surface area (Å²) < 4.78 is 4.82. The molecule has 0 unspecified atom stereocenters. The zero-order chi connectivity index (χ0) is 31.5. The van der Waals surface area contributed by atoms with Crippen molar-refractivity contribution in [3.8, 4) is 56.6 Å². The van der Waals surface area contributed by atoms with Gasteiger partial charge in [0.1, 0.15) is 0 Å². The third-order valence-corrected chi connectivity index (χ3v) is 11.1. The molecule has 0 aromatic heterocycles. The fourth-order valence-electron chi connectivity index (χ4n) is 5.32. The maximum atomic E-state index is 9.11. The lowest BCUT2D eigenvalue weighted by Crippen LogP contribution is -1.93. The van der Waals surface area contributed by atoms with Crippen LogP contribution in [0, 0.1) is 36.9 Å². The van der Waals surface area contributed by atoms with Crippen LogP contribution < -0.4 is 0 Å². The van der Waals surface area contributed by atoms with Crippen molar-refractivity contribution in [2.75, 3.05) is 0 Å². The zero-order valence-corrected chi connectivity index (χ0v) is 32.3. The number of halogens is 4. The first-order valence-electron chi connectivity index (χ1n) is 14.0. The molecule has 0 spiro atoms. The number of rotatable bonds is 6. The largest absolute Gasteiger partial charge is 0.192 e. The van der Waals surface area contributed by atoms with Crippen molar-refractivity contribution >= 4 is 90.4 Å². The van der Waals surface area contributed by atoms with E-state index in [-0.39, 0.29) is 0 Å². The summed E-state index contributed by atoms with van der Waals surface area (Å²) in [6.07, 6.45) is 0.873. The molecule has 0 N–H and O–H groups in total. The molecule has 6 heteroatoms. The lowest BCUT2D eigenvalue weighted by molar-refractivity contribution is 1.19. The minimum Gasteiger partial charge on any atom is -0.192 e. The average molecular weight is 1030 g/mol. The first kappa shape index (κ1) is 32.2. The molecule has 0 amide bonds. The van der Waals surface area contributed by atoms with Gasteiger partial charge in [-0.1, -0.05) is 72.8 Å². The Morgan fingerprint density at radius 2 is 0.667 bits per heavy atom. The van der Waals surface area contributed by atoms with E-state index in [0.29, 0.717) is 11.1 Å². The number of nitrogens with zero attached hydrogens (tertiary/aromatic N) is 2. The third-order valence-electron chi connectivity index (χ3n) is 7.67. The standard InChI is InChI=1S/C39H22I4N2/c40-34-18-32(28-9-5-26(22-44)6-10-28)19-35(41)38(34)30-13-1-24(2-14-30)17-25-3-15-31(16-4-25)39-36(42)20-33(21-37(39)43)29-11-7-27(23-45)8-12-29/h1-16,18-21H,17H2. The molecule has 0 heterocycles. The molecule has 0 saturated heterocycles. The van der Waals surface area contributed by atoms with E-state index in [1.165, 1.54) is 47.7 Å². The topological polar surface area (TPSA) is 47.6 Å². The summed E-state index contributed by atoms with van der Waals surface area (Å²) in [6, 6.07) is 46.6. The van der Waals surface area contributed by atoms with Crippen molar-refractivity contribution in [1.82, 2.24) is 0 Å². The fraction of sp³-hybridized carbons (Fsp3) is 0.0256. The van der Waals surface area contributed by atoms with Gasteiger partial charge in [-0.15, -0.1) is 0 Å². The Kier molecular flexibility index (Phi) is 10.2. The smallest absolute Gasteiger partial charge is 0.0991 e. The van der Waals surface area contributed by atoms with E-state index in [1.807, 2.05) is 48.5 Å². The van der Waals surface area contributed by atoms with Crippen LogP contribution in [-0.4, -0.2) is 0 Å². The van der Waals surface area contributed by atoms with Crippen LogP contribution in [0.2, 0.25) is 0 Å². The van der Waals surface area contributed by atoms with Gasteiger partial charge in [-0.2, -0.15) is 10.5 Å². The highest BCUT2D eigenvalue weighted by Crippen LogP contribution is 2.37. The van der Waals surface area contributed by atoms with E-state index in [9.17, 15) is 0 Å². The Labute approximate surface area is 318 Å². The summed E-state index contributed by atoms with van der Waals surface area (Å²) in [5.74, 6) is 0. The summed E-state index contributed by atoms with van der Waals surface area (Å²) in [4.78, 5) is 0. The highest BCUT2D eigenvalue weighted by molar-refractivity contribution is 14.1. The Morgan fingerprint density at radius 3 is 0.956 bits per heavy atom. The van der Waals surface area contributed by atoms with Gasteiger partial charge in [-0.25, -0.2) is 0 Å². The molecule has 45 heavy (non-hydrogen) atoms. The van der Waals surface area contributed by atoms with Crippen molar-refractivity contribution in [2.24, 2.45) is 0 Å². The van der Waals surface area contributed by atoms with Gasteiger partial charge in [-0.3, -0.25) is 0 Å². The van der Waals surface area contributed by atoms with Gasteiger partial charge >= 0.3 is 0 Å². The van der Waals surface area contributed by atoms with E-state index in [1.54, 1.807) is 0 Å². The summed E-state index contributed by atoms with van der Waals surface area (Å²) in [5.41, 5.74) is 13.4. The molecule has 0 saturated carbocycles. The molecular weight excluding hydrogens is 1000 g/mol. The lowest BCUT2D eigenvalue weighted by atomic mass is 9.96. The van der Waals surface area contributed by atoms with Gasteiger partial charge in [0.15, 0.2) is 0 Å². The quantitative estimate of drug-likeness (QED) is 0.156.